The largest absolute Gasteiger partial charge is 0.343 e. The van der Waals surface area contributed by atoms with Crippen LogP contribution in [0.1, 0.15) is 25.8 Å². The summed E-state index contributed by atoms with van der Waals surface area (Å²) in [7, 11) is 0. The van der Waals surface area contributed by atoms with Gasteiger partial charge in [-0.2, -0.15) is 0 Å². The molecular formula is C14H16F2N2O2. The van der Waals surface area contributed by atoms with Gasteiger partial charge in [-0.3, -0.25) is 9.59 Å². The number of halogens is 2. The Morgan fingerprint density at radius 3 is 2.55 bits per heavy atom. The minimum Gasteiger partial charge on any atom is -0.343 e. The Kier molecular flexibility index (Phi) is 4.01. The molecule has 0 bridgehead atoms. The summed E-state index contributed by atoms with van der Waals surface area (Å²) in [5, 5.41) is 2.60. The van der Waals surface area contributed by atoms with E-state index in [9.17, 15) is 18.4 Å². The molecular weight excluding hydrogens is 266 g/mol. The van der Waals surface area contributed by atoms with Crippen molar-refractivity contribution >= 4 is 11.8 Å². The summed E-state index contributed by atoms with van der Waals surface area (Å²) >= 11 is 0. The van der Waals surface area contributed by atoms with Crippen molar-refractivity contribution in [3.05, 3.63) is 35.4 Å². The first kappa shape index (κ1) is 14.4. The van der Waals surface area contributed by atoms with Gasteiger partial charge in [-0.05, 0) is 31.0 Å². The Morgan fingerprint density at radius 1 is 1.25 bits per heavy atom. The van der Waals surface area contributed by atoms with Gasteiger partial charge in [0.1, 0.15) is 12.1 Å². The van der Waals surface area contributed by atoms with Crippen LogP contribution in [0.5, 0.6) is 0 Å². The van der Waals surface area contributed by atoms with Crippen molar-refractivity contribution in [1.29, 1.82) is 0 Å². The van der Waals surface area contributed by atoms with Crippen LogP contribution in [0, 0.1) is 11.6 Å². The molecule has 2 rings (SSSR count). The molecule has 1 aromatic carbocycles. The van der Waals surface area contributed by atoms with Crippen molar-refractivity contribution in [2.24, 2.45) is 0 Å². The van der Waals surface area contributed by atoms with Crippen molar-refractivity contribution in [2.45, 2.75) is 38.9 Å². The first-order valence-electron chi connectivity index (χ1n) is 6.48. The lowest BCUT2D eigenvalue weighted by molar-refractivity contribution is -0.149. The Bertz CT molecular complexity index is 548. The molecule has 2 unspecified atom stereocenters. The number of carbonyl (C=O) groups excluding carboxylic acids is 2. The van der Waals surface area contributed by atoms with Crippen molar-refractivity contribution in [3.8, 4) is 0 Å². The zero-order valence-electron chi connectivity index (χ0n) is 11.3. The van der Waals surface area contributed by atoms with Crippen LogP contribution < -0.4 is 5.32 Å². The van der Waals surface area contributed by atoms with E-state index in [0.29, 0.717) is 12.0 Å². The first-order chi connectivity index (χ1) is 9.43. The fourth-order valence-electron chi connectivity index (χ4n) is 2.34. The van der Waals surface area contributed by atoms with E-state index in [2.05, 4.69) is 5.32 Å². The van der Waals surface area contributed by atoms with Crippen LogP contribution >= 0.6 is 0 Å². The van der Waals surface area contributed by atoms with Crippen LogP contribution in [0.25, 0.3) is 0 Å². The Balaban J connectivity index is 2.25. The average molecular weight is 282 g/mol. The number of piperazine rings is 1. The summed E-state index contributed by atoms with van der Waals surface area (Å²) in [6.07, 6.45) is 0.466. The highest BCUT2D eigenvalue weighted by atomic mass is 19.2. The van der Waals surface area contributed by atoms with E-state index in [1.807, 2.05) is 0 Å². The summed E-state index contributed by atoms with van der Waals surface area (Å²) in [6, 6.07) is 2.30. The van der Waals surface area contributed by atoms with E-state index < -0.39 is 23.7 Å². The molecule has 1 N–H and O–H groups in total. The number of hydrogen-bond donors (Lipinski definition) is 1. The van der Waals surface area contributed by atoms with E-state index in [1.165, 1.54) is 11.0 Å². The molecule has 1 aromatic rings. The molecule has 1 fully saturated rings. The predicted molar refractivity (Wildman–Crippen MR) is 68.6 cm³/mol. The van der Waals surface area contributed by atoms with Gasteiger partial charge in [0, 0.05) is 6.54 Å². The molecule has 2 amide bonds. The molecule has 1 heterocycles. The Labute approximate surface area is 115 Å². The molecule has 108 valence electrons. The smallest absolute Gasteiger partial charge is 0.245 e. The monoisotopic (exact) mass is 282 g/mol. The summed E-state index contributed by atoms with van der Waals surface area (Å²) in [4.78, 5) is 25.4. The maximum atomic E-state index is 13.2. The fraction of sp³-hybridized carbons (Fsp3) is 0.429. The maximum Gasteiger partial charge on any atom is 0.245 e. The quantitative estimate of drug-likeness (QED) is 0.915. The summed E-state index contributed by atoms with van der Waals surface area (Å²) < 4.78 is 26.1. The van der Waals surface area contributed by atoms with E-state index in [0.717, 1.165) is 12.1 Å². The molecule has 0 aliphatic carbocycles. The number of benzene rings is 1. The lowest BCUT2D eigenvalue weighted by atomic mass is 10.0. The van der Waals surface area contributed by atoms with Crippen LogP contribution in [-0.4, -0.2) is 28.8 Å². The van der Waals surface area contributed by atoms with Crippen LogP contribution in [0.4, 0.5) is 8.78 Å². The average Bonchev–Trinajstić information content (AvgIpc) is 2.40. The Hall–Kier alpha value is -1.98. The van der Waals surface area contributed by atoms with E-state index in [-0.39, 0.29) is 18.4 Å². The predicted octanol–water partition coefficient (Wildman–Crippen LogP) is 1.59. The van der Waals surface area contributed by atoms with Gasteiger partial charge in [0.05, 0.1) is 0 Å². The van der Waals surface area contributed by atoms with E-state index in [4.69, 9.17) is 0 Å². The normalized spacial score (nSPS) is 22.9. The highest BCUT2D eigenvalue weighted by Gasteiger charge is 2.37. The first-order valence-corrected chi connectivity index (χ1v) is 6.48. The molecule has 4 nitrogen and oxygen atoms in total. The minimum absolute atomic E-state index is 0.0896. The zero-order valence-corrected chi connectivity index (χ0v) is 11.3. The molecule has 1 aliphatic rings. The van der Waals surface area contributed by atoms with Gasteiger partial charge in [-0.25, -0.2) is 8.78 Å². The number of nitrogens with zero attached hydrogens (tertiary/aromatic N) is 1. The molecule has 20 heavy (non-hydrogen) atoms. The molecule has 6 heteroatoms. The van der Waals surface area contributed by atoms with Gasteiger partial charge >= 0.3 is 0 Å². The Morgan fingerprint density at radius 2 is 1.95 bits per heavy atom. The fourth-order valence-corrected chi connectivity index (χ4v) is 2.34. The van der Waals surface area contributed by atoms with Crippen molar-refractivity contribution in [3.63, 3.8) is 0 Å². The highest BCUT2D eigenvalue weighted by Crippen LogP contribution is 2.18. The third kappa shape index (κ3) is 2.64. The topological polar surface area (TPSA) is 49.4 Å². The molecule has 0 radical (unpaired) electrons. The lowest BCUT2D eigenvalue weighted by Crippen LogP contribution is -2.61. The molecule has 0 aromatic heterocycles. The third-order valence-electron chi connectivity index (χ3n) is 3.41. The second-order valence-electron chi connectivity index (χ2n) is 4.87. The molecule has 1 aliphatic heterocycles. The van der Waals surface area contributed by atoms with Gasteiger partial charge < -0.3 is 10.2 Å². The van der Waals surface area contributed by atoms with E-state index in [1.54, 1.807) is 13.8 Å². The van der Waals surface area contributed by atoms with Crippen LogP contribution in [0.2, 0.25) is 0 Å². The molecule has 0 spiro atoms. The van der Waals surface area contributed by atoms with Gasteiger partial charge in [-0.15, -0.1) is 0 Å². The van der Waals surface area contributed by atoms with Gasteiger partial charge in [0.25, 0.3) is 0 Å². The van der Waals surface area contributed by atoms with Crippen LogP contribution in [0.3, 0.4) is 0 Å². The SMILES string of the molecule is CCC1C(=O)NC(C)C(=O)N1Cc1ccc(F)c(F)c1. The van der Waals surface area contributed by atoms with E-state index >= 15 is 0 Å². The van der Waals surface area contributed by atoms with Crippen LogP contribution in [0.15, 0.2) is 18.2 Å². The number of amides is 2. The summed E-state index contributed by atoms with van der Waals surface area (Å²) in [5.41, 5.74) is 0.456. The number of hydrogen-bond acceptors (Lipinski definition) is 2. The zero-order chi connectivity index (χ0) is 14.9. The van der Waals surface area contributed by atoms with Gasteiger partial charge in [0.2, 0.25) is 11.8 Å². The summed E-state index contributed by atoms with van der Waals surface area (Å²) in [6.45, 7) is 3.49. The van der Waals surface area contributed by atoms with Gasteiger partial charge in [-0.1, -0.05) is 13.0 Å². The number of rotatable bonds is 3. The third-order valence-corrected chi connectivity index (χ3v) is 3.41. The van der Waals surface area contributed by atoms with Crippen LogP contribution in [-0.2, 0) is 16.1 Å². The lowest BCUT2D eigenvalue weighted by Gasteiger charge is -2.37. The van der Waals surface area contributed by atoms with Crippen molar-refractivity contribution in [1.82, 2.24) is 10.2 Å². The standard InChI is InChI=1S/C14H16F2N2O2/c1-3-12-13(19)17-8(2)14(20)18(12)7-9-4-5-10(15)11(16)6-9/h4-6,8,12H,3,7H2,1-2H3,(H,17,19). The highest BCUT2D eigenvalue weighted by molar-refractivity contribution is 5.96. The maximum absolute atomic E-state index is 13.2. The van der Waals surface area contributed by atoms with Crippen molar-refractivity contribution < 1.29 is 18.4 Å². The van der Waals surface area contributed by atoms with Crippen molar-refractivity contribution in [2.75, 3.05) is 0 Å². The van der Waals surface area contributed by atoms with Gasteiger partial charge in [0.15, 0.2) is 11.6 Å². The molecule has 1 saturated heterocycles. The number of nitrogens with one attached hydrogen (secondary N) is 1. The summed E-state index contributed by atoms with van der Waals surface area (Å²) in [5.74, 6) is -2.34. The number of carbonyl (C=O) groups is 2. The second-order valence-corrected chi connectivity index (χ2v) is 4.87. The molecule has 2 atom stereocenters. The second kappa shape index (κ2) is 5.56. The minimum atomic E-state index is -0.961. The molecule has 0 saturated carbocycles.